The highest BCUT2D eigenvalue weighted by Gasteiger charge is 2.10. The second kappa shape index (κ2) is 6.97. The van der Waals surface area contributed by atoms with Crippen LogP contribution in [0, 0.1) is 10.1 Å². The Hall–Kier alpha value is -3.24. The van der Waals surface area contributed by atoms with Crippen molar-refractivity contribution in [3.63, 3.8) is 0 Å². The second-order valence-electron chi connectivity index (χ2n) is 4.07. The number of nitrogens with one attached hydrogen (secondary N) is 2. The number of anilines is 3. The maximum absolute atomic E-state index is 10.5. The van der Waals surface area contributed by atoms with Crippen LogP contribution in [-0.4, -0.2) is 32.6 Å². The quantitative estimate of drug-likeness (QED) is 0.388. The lowest BCUT2D eigenvalue weighted by atomic mass is 10.5. The van der Waals surface area contributed by atoms with E-state index in [9.17, 15) is 10.1 Å². The Kier molecular flexibility index (Phi) is 4.80. The number of rotatable bonds is 7. The molecule has 22 heavy (non-hydrogen) atoms. The number of hydrazone groups is 1. The third kappa shape index (κ3) is 4.13. The molecule has 0 amide bonds. The first-order chi connectivity index (χ1) is 10.6. The molecular weight excluding hydrogens is 292 g/mol. The molecule has 0 saturated heterocycles. The lowest BCUT2D eigenvalue weighted by molar-refractivity contribution is -0.402. The average Bonchev–Trinajstić information content (AvgIpc) is 2.94. The van der Waals surface area contributed by atoms with Crippen LogP contribution in [0.4, 0.5) is 23.7 Å². The fourth-order valence-electron chi connectivity index (χ4n) is 1.42. The van der Waals surface area contributed by atoms with Crippen LogP contribution < -0.4 is 16.5 Å². The van der Waals surface area contributed by atoms with Crippen LogP contribution in [0.2, 0.25) is 0 Å². The summed E-state index contributed by atoms with van der Waals surface area (Å²) in [5.74, 6) is 0.367. The van der Waals surface area contributed by atoms with E-state index in [1.165, 1.54) is 18.3 Å². The van der Waals surface area contributed by atoms with Crippen LogP contribution in [0.3, 0.4) is 0 Å². The molecule has 2 aromatic rings. The molecule has 0 bridgehead atoms. The highest BCUT2D eigenvalue weighted by atomic mass is 16.6. The minimum absolute atomic E-state index is 0.0416. The van der Waals surface area contributed by atoms with Gasteiger partial charge in [0.1, 0.15) is 4.92 Å². The first-order valence-corrected chi connectivity index (χ1v) is 6.37. The predicted molar refractivity (Wildman–Crippen MR) is 79.6 cm³/mol. The first kappa shape index (κ1) is 15.2. The van der Waals surface area contributed by atoms with E-state index in [0.29, 0.717) is 12.5 Å². The average molecular weight is 306 g/mol. The number of nitrogens with zero attached hydrogens (tertiary/aromatic N) is 5. The standard InChI is InChI=1S/C11H14N8O3/c1-2-5-13-10-15-9(12)16-11(17-10)18-14-6-7-3-4-8(22-7)19(20)21/h3-4,6H,2,5H2,1H3,(H4,12,13,15,16,17,18)/b14-6+. The van der Waals surface area contributed by atoms with Gasteiger partial charge in [-0.2, -0.15) is 20.1 Å². The van der Waals surface area contributed by atoms with Crippen LogP contribution in [0.25, 0.3) is 0 Å². The van der Waals surface area contributed by atoms with Crippen LogP contribution >= 0.6 is 0 Å². The number of hydrogen-bond donors (Lipinski definition) is 3. The van der Waals surface area contributed by atoms with Gasteiger partial charge >= 0.3 is 5.88 Å². The molecule has 4 N–H and O–H groups in total. The van der Waals surface area contributed by atoms with Crippen LogP contribution in [0.1, 0.15) is 19.1 Å². The Bertz CT molecular complexity index is 684. The summed E-state index contributed by atoms with van der Waals surface area (Å²) in [6.45, 7) is 2.70. The highest BCUT2D eigenvalue weighted by Crippen LogP contribution is 2.14. The second-order valence-corrected chi connectivity index (χ2v) is 4.07. The van der Waals surface area contributed by atoms with E-state index in [2.05, 4.69) is 30.8 Å². The van der Waals surface area contributed by atoms with Crippen molar-refractivity contribution >= 4 is 29.9 Å². The van der Waals surface area contributed by atoms with Crippen molar-refractivity contribution in [3.05, 3.63) is 28.0 Å². The molecule has 0 unspecified atom stereocenters. The Morgan fingerprint density at radius 3 is 2.86 bits per heavy atom. The Morgan fingerprint density at radius 2 is 2.18 bits per heavy atom. The fraction of sp³-hybridized carbons (Fsp3) is 0.273. The minimum Gasteiger partial charge on any atom is -0.400 e. The summed E-state index contributed by atoms with van der Waals surface area (Å²) in [4.78, 5) is 21.7. The summed E-state index contributed by atoms with van der Waals surface area (Å²) >= 11 is 0. The molecule has 0 aliphatic heterocycles. The van der Waals surface area contributed by atoms with E-state index < -0.39 is 4.92 Å². The van der Waals surface area contributed by atoms with Gasteiger partial charge in [-0.15, -0.1) is 0 Å². The minimum atomic E-state index is -0.636. The number of nitrogens with two attached hydrogens (primary N) is 1. The van der Waals surface area contributed by atoms with Crippen molar-refractivity contribution < 1.29 is 9.34 Å². The summed E-state index contributed by atoms with van der Waals surface area (Å²) < 4.78 is 4.91. The van der Waals surface area contributed by atoms with Gasteiger partial charge in [-0.3, -0.25) is 10.1 Å². The van der Waals surface area contributed by atoms with Gasteiger partial charge in [-0.25, -0.2) is 5.43 Å². The summed E-state index contributed by atoms with van der Waals surface area (Å²) in [6.07, 6.45) is 2.16. The van der Waals surface area contributed by atoms with E-state index in [-0.39, 0.29) is 23.5 Å². The molecule has 2 rings (SSSR count). The van der Waals surface area contributed by atoms with Crippen LogP contribution in [0.5, 0.6) is 0 Å². The van der Waals surface area contributed by atoms with Gasteiger partial charge in [-0.1, -0.05) is 6.92 Å². The molecule has 0 aromatic carbocycles. The van der Waals surface area contributed by atoms with Gasteiger partial charge in [0.25, 0.3) is 0 Å². The molecule has 0 aliphatic carbocycles. The fourth-order valence-corrected chi connectivity index (χ4v) is 1.42. The van der Waals surface area contributed by atoms with E-state index >= 15 is 0 Å². The Balaban J connectivity index is 2.02. The van der Waals surface area contributed by atoms with Crippen LogP contribution in [-0.2, 0) is 0 Å². The monoisotopic (exact) mass is 306 g/mol. The zero-order valence-electron chi connectivity index (χ0n) is 11.7. The molecule has 11 heteroatoms. The normalized spacial score (nSPS) is 10.8. The summed E-state index contributed by atoms with van der Waals surface area (Å²) in [5, 5.41) is 17.3. The Morgan fingerprint density at radius 1 is 1.41 bits per heavy atom. The van der Waals surface area contributed by atoms with Gasteiger partial charge in [0.05, 0.1) is 12.3 Å². The molecule has 0 spiro atoms. The molecule has 2 heterocycles. The van der Waals surface area contributed by atoms with Gasteiger partial charge in [0.15, 0.2) is 5.76 Å². The maximum Gasteiger partial charge on any atom is 0.433 e. The molecule has 0 saturated carbocycles. The lowest BCUT2D eigenvalue weighted by Crippen LogP contribution is -2.09. The molecule has 116 valence electrons. The zero-order valence-corrected chi connectivity index (χ0v) is 11.7. The molecule has 0 atom stereocenters. The SMILES string of the molecule is CCCNc1nc(N)nc(N/N=C/c2ccc([N+](=O)[O-])o2)n1. The zero-order chi connectivity index (χ0) is 15.9. The van der Waals surface area contributed by atoms with E-state index in [0.717, 1.165) is 6.42 Å². The van der Waals surface area contributed by atoms with Crippen molar-refractivity contribution in [2.24, 2.45) is 5.10 Å². The van der Waals surface area contributed by atoms with E-state index in [1.807, 2.05) is 6.92 Å². The lowest BCUT2D eigenvalue weighted by Gasteiger charge is -2.05. The van der Waals surface area contributed by atoms with Crippen molar-refractivity contribution in [1.82, 2.24) is 15.0 Å². The van der Waals surface area contributed by atoms with Gasteiger partial charge in [0, 0.05) is 6.54 Å². The smallest absolute Gasteiger partial charge is 0.400 e. The highest BCUT2D eigenvalue weighted by molar-refractivity contribution is 5.76. The summed E-state index contributed by atoms with van der Waals surface area (Å²) in [7, 11) is 0. The first-order valence-electron chi connectivity index (χ1n) is 6.37. The van der Waals surface area contributed by atoms with Crippen LogP contribution in [0.15, 0.2) is 21.7 Å². The van der Waals surface area contributed by atoms with Gasteiger partial charge in [0.2, 0.25) is 17.8 Å². The summed E-state index contributed by atoms with van der Waals surface area (Å²) in [6, 6.07) is 2.65. The number of furan rings is 1. The van der Waals surface area contributed by atoms with E-state index in [1.54, 1.807) is 0 Å². The van der Waals surface area contributed by atoms with Crippen molar-refractivity contribution in [3.8, 4) is 0 Å². The number of hydrogen-bond acceptors (Lipinski definition) is 10. The largest absolute Gasteiger partial charge is 0.433 e. The van der Waals surface area contributed by atoms with Gasteiger partial charge < -0.3 is 15.5 Å². The molecule has 2 aromatic heterocycles. The third-order valence-corrected chi connectivity index (χ3v) is 2.33. The summed E-state index contributed by atoms with van der Waals surface area (Å²) in [5.41, 5.74) is 8.11. The molecular formula is C11H14N8O3. The van der Waals surface area contributed by atoms with E-state index in [4.69, 9.17) is 10.2 Å². The van der Waals surface area contributed by atoms with Crippen molar-refractivity contribution in [2.45, 2.75) is 13.3 Å². The topological polar surface area (TPSA) is 157 Å². The number of nitro groups is 1. The third-order valence-electron chi connectivity index (χ3n) is 2.33. The molecule has 11 nitrogen and oxygen atoms in total. The van der Waals surface area contributed by atoms with Crippen molar-refractivity contribution in [2.75, 3.05) is 23.0 Å². The molecule has 0 radical (unpaired) electrons. The maximum atomic E-state index is 10.5. The van der Waals surface area contributed by atoms with Crippen molar-refractivity contribution in [1.29, 1.82) is 0 Å². The van der Waals surface area contributed by atoms with Gasteiger partial charge in [-0.05, 0) is 12.5 Å². The molecule has 0 aliphatic rings. The number of aromatic nitrogens is 3. The Labute approximate surface area is 124 Å². The molecule has 0 fully saturated rings. The predicted octanol–water partition coefficient (Wildman–Crippen LogP) is 1.22. The number of nitrogen functional groups attached to an aromatic ring is 1.